The van der Waals surface area contributed by atoms with E-state index in [-0.39, 0.29) is 5.91 Å². The lowest BCUT2D eigenvalue weighted by molar-refractivity contribution is 0.0792. The van der Waals surface area contributed by atoms with E-state index in [9.17, 15) is 4.79 Å². The van der Waals surface area contributed by atoms with E-state index in [0.29, 0.717) is 18.7 Å². The molecule has 1 heterocycles. The van der Waals surface area contributed by atoms with Gasteiger partial charge in [-0.1, -0.05) is 18.2 Å². The van der Waals surface area contributed by atoms with Crippen LogP contribution in [0.15, 0.2) is 55.4 Å². The molecule has 0 atom stereocenters. The monoisotopic (exact) mass is 298 g/mol. The zero-order valence-corrected chi connectivity index (χ0v) is 12.9. The highest BCUT2D eigenvalue weighted by Crippen LogP contribution is 2.16. The molecule has 0 unspecified atom stereocenters. The van der Waals surface area contributed by atoms with Gasteiger partial charge in [0, 0.05) is 44.8 Å². The number of aryl methyl sites for hydroxylation is 1. The summed E-state index contributed by atoms with van der Waals surface area (Å²) in [4.78, 5) is 14.3. The summed E-state index contributed by atoms with van der Waals surface area (Å²) in [5.74, 6) is 0.0210. The van der Waals surface area contributed by atoms with Crippen LogP contribution in [0.4, 0.5) is 5.69 Å². The van der Waals surface area contributed by atoms with E-state index in [1.165, 1.54) is 0 Å². The van der Waals surface area contributed by atoms with Gasteiger partial charge in [0.25, 0.3) is 5.91 Å². The molecule has 0 aliphatic rings. The van der Waals surface area contributed by atoms with Gasteiger partial charge in [-0.25, -0.2) is 0 Å². The van der Waals surface area contributed by atoms with Gasteiger partial charge in [0.05, 0.1) is 5.56 Å². The Kier molecular flexibility index (Phi) is 5.77. The van der Waals surface area contributed by atoms with E-state index >= 15 is 0 Å². The average Bonchev–Trinajstić information content (AvgIpc) is 3.05. The van der Waals surface area contributed by atoms with Crippen molar-refractivity contribution in [1.82, 2.24) is 14.7 Å². The summed E-state index contributed by atoms with van der Waals surface area (Å²) in [6.45, 7) is 5.81. The zero-order chi connectivity index (χ0) is 15.8. The van der Waals surface area contributed by atoms with Crippen LogP contribution in [0.1, 0.15) is 16.8 Å². The van der Waals surface area contributed by atoms with E-state index in [1.807, 2.05) is 48.3 Å². The molecule has 5 heteroatoms. The van der Waals surface area contributed by atoms with E-state index in [4.69, 9.17) is 0 Å². The lowest BCUT2D eigenvalue weighted by Crippen LogP contribution is -2.29. The first kappa shape index (κ1) is 15.8. The van der Waals surface area contributed by atoms with Crippen LogP contribution in [0.25, 0.3) is 0 Å². The Morgan fingerprint density at radius 2 is 2.23 bits per heavy atom. The molecule has 1 aromatic carbocycles. The van der Waals surface area contributed by atoms with Gasteiger partial charge in [-0.05, 0) is 24.6 Å². The molecule has 1 amide bonds. The Bertz CT molecular complexity index is 607. The fraction of sp³-hybridized carbons (Fsp3) is 0.294. The van der Waals surface area contributed by atoms with E-state index in [0.717, 1.165) is 18.7 Å². The van der Waals surface area contributed by atoms with Gasteiger partial charge in [0.2, 0.25) is 0 Å². The maximum absolute atomic E-state index is 12.6. The van der Waals surface area contributed by atoms with Crippen molar-refractivity contribution in [1.29, 1.82) is 0 Å². The number of amides is 1. The lowest BCUT2D eigenvalue weighted by atomic mass is 10.1. The van der Waals surface area contributed by atoms with Crippen molar-refractivity contribution in [3.63, 3.8) is 0 Å². The van der Waals surface area contributed by atoms with Crippen molar-refractivity contribution in [2.75, 3.05) is 25.5 Å². The van der Waals surface area contributed by atoms with Crippen LogP contribution >= 0.6 is 0 Å². The first-order valence-electron chi connectivity index (χ1n) is 7.39. The van der Waals surface area contributed by atoms with Crippen molar-refractivity contribution in [3.8, 4) is 0 Å². The zero-order valence-electron chi connectivity index (χ0n) is 12.9. The molecule has 0 radical (unpaired) electrons. The smallest absolute Gasteiger partial charge is 0.255 e. The van der Waals surface area contributed by atoms with E-state index < -0.39 is 0 Å². The van der Waals surface area contributed by atoms with Crippen LogP contribution in [0.5, 0.6) is 0 Å². The molecule has 0 fully saturated rings. The van der Waals surface area contributed by atoms with Gasteiger partial charge in [-0.3, -0.25) is 9.48 Å². The first-order chi connectivity index (χ1) is 10.7. The molecule has 0 aliphatic heterocycles. The van der Waals surface area contributed by atoms with Crippen LogP contribution in [0.2, 0.25) is 0 Å². The fourth-order valence-electron chi connectivity index (χ4n) is 2.22. The standard InChI is InChI=1S/C17H22N4O/c1-3-10-18-16-9-5-4-8-15(16)17(22)20(2)12-7-14-21-13-6-11-19-21/h3-6,8-9,11,13,18H,1,7,10,12,14H2,2H3. The number of aromatic nitrogens is 2. The van der Waals surface area contributed by atoms with Crippen LogP contribution in [0, 0.1) is 0 Å². The molecule has 2 aromatic rings. The van der Waals surface area contributed by atoms with Crippen molar-refractivity contribution in [3.05, 3.63) is 60.9 Å². The number of nitrogens with zero attached hydrogens (tertiary/aromatic N) is 3. The number of carbonyl (C=O) groups excluding carboxylic acids is 1. The summed E-state index contributed by atoms with van der Waals surface area (Å²) in [6, 6.07) is 9.45. The number of anilines is 1. The second-order valence-electron chi connectivity index (χ2n) is 5.06. The predicted molar refractivity (Wildman–Crippen MR) is 88.9 cm³/mol. The SMILES string of the molecule is C=CCNc1ccccc1C(=O)N(C)CCCn1cccn1. The summed E-state index contributed by atoms with van der Waals surface area (Å²) in [6.07, 6.45) is 6.33. The molecule has 116 valence electrons. The number of para-hydroxylation sites is 1. The average molecular weight is 298 g/mol. The minimum Gasteiger partial charge on any atom is -0.381 e. The molecule has 0 aliphatic carbocycles. The second-order valence-corrected chi connectivity index (χ2v) is 5.06. The predicted octanol–water partition coefficient (Wildman–Crippen LogP) is 2.64. The van der Waals surface area contributed by atoms with Crippen LogP contribution in [-0.4, -0.2) is 40.7 Å². The largest absolute Gasteiger partial charge is 0.381 e. The highest BCUT2D eigenvalue weighted by molar-refractivity contribution is 5.99. The van der Waals surface area contributed by atoms with E-state index in [1.54, 1.807) is 17.2 Å². The van der Waals surface area contributed by atoms with Crippen LogP contribution < -0.4 is 5.32 Å². The Labute approximate surface area is 131 Å². The van der Waals surface area contributed by atoms with Crippen molar-refractivity contribution in [2.24, 2.45) is 0 Å². The Morgan fingerprint density at radius 3 is 2.95 bits per heavy atom. The minimum atomic E-state index is 0.0210. The van der Waals surface area contributed by atoms with Crippen molar-refractivity contribution >= 4 is 11.6 Å². The number of carbonyl (C=O) groups is 1. The number of hydrogen-bond donors (Lipinski definition) is 1. The highest BCUT2D eigenvalue weighted by atomic mass is 16.2. The molecule has 0 spiro atoms. The van der Waals surface area contributed by atoms with E-state index in [2.05, 4.69) is 17.0 Å². The maximum Gasteiger partial charge on any atom is 0.255 e. The highest BCUT2D eigenvalue weighted by Gasteiger charge is 2.14. The summed E-state index contributed by atoms with van der Waals surface area (Å²) in [5.41, 5.74) is 1.53. The molecule has 1 aromatic heterocycles. The fourth-order valence-corrected chi connectivity index (χ4v) is 2.22. The molecule has 0 saturated carbocycles. The Hall–Kier alpha value is -2.56. The Balaban J connectivity index is 1.93. The molecule has 2 rings (SSSR count). The minimum absolute atomic E-state index is 0.0210. The van der Waals surface area contributed by atoms with Gasteiger partial charge >= 0.3 is 0 Å². The third-order valence-electron chi connectivity index (χ3n) is 3.38. The summed E-state index contributed by atoms with van der Waals surface area (Å²) >= 11 is 0. The van der Waals surface area contributed by atoms with Gasteiger partial charge in [-0.15, -0.1) is 6.58 Å². The van der Waals surface area contributed by atoms with Gasteiger partial charge in [-0.2, -0.15) is 5.10 Å². The second kappa shape index (κ2) is 8.02. The third kappa shape index (κ3) is 4.22. The van der Waals surface area contributed by atoms with Crippen molar-refractivity contribution < 1.29 is 4.79 Å². The summed E-state index contributed by atoms with van der Waals surface area (Å²) in [7, 11) is 1.83. The van der Waals surface area contributed by atoms with Gasteiger partial charge in [0.1, 0.15) is 0 Å². The molecular formula is C17H22N4O. The van der Waals surface area contributed by atoms with Crippen LogP contribution in [0.3, 0.4) is 0 Å². The molecule has 5 nitrogen and oxygen atoms in total. The summed E-state index contributed by atoms with van der Waals surface area (Å²) < 4.78 is 1.87. The maximum atomic E-state index is 12.6. The van der Waals surface area contributed by atoms with Gasteiger partial charge in [0.15, 0.2) is 0 Å². The Morgan fingerprint density at radius 1 is 1.41 bits per heavy atom. The molecule has 22 heavy (non-hydrogen) atoms. The topological polar surface area (TPSA) is 50.2 Å². The quantitative estimate of drug-likeness (QED) is 0.762. The normalized spacial score (nSPS) is 10.2. The number of hydrogen-bond acceptors (Lipinski definition) is 3. The third-order valence-corrected chi connectivity index (χ3v) is 3.38. The lowest BCUT2D eigenvalue weighted by Gasteiger charge is -2.19. The summed E-state index contributed by atoms with van der Waals surface area (Å²) in [5, 5.41) is 7.36. The number of nitrogens with one attached hydrogen (secondary N) is 1. The number of rotatable bonds is 8. The molecule has 1 N–H and O–H groups in total. The van der Waals surface area contributed by atoms with Crippen molar-refractivity contribution in [2.45, 2.75) is 13.0 Å². The number of benzene rings is 1. The first-order valence-corrected chi connectivity index (χ1v) is 7.39. The van der Waals surface area contributed by atoms with Crippen LogP contribution in [-0.2, 0) is 6.54 Å². The molecular weight excluding hydrogens is 276 g/mol. The van der Waals surface area contributed by atoms with Gasteiger partial charge < -0.3 is 10.2 Å². The molecule has 0 bridgehead atoms. The molecule has 0 saturated heterocycles.